The van der Waals surface area contributed by atoms with Gasteiger partial charge in [-0.15, -0.1) is 0 Å². The van der Waals surface area contributed by atoms with Crippen LogP contribution in [-0.4, -0.2) is 23.3 Å². The summed E-state index contributed by atoms with van der Waals surface area (Å²) in [6.07, 6.45) is 4.89. The highest BCUT2D eigenvalue weighted by Crippen LogP contribution is 2.35. The third-order valence-electron chi connectivity index (χ3n) is 4.61. The molecular formula is C16H29N3O2. The summed E-state index contributed by atoms with van der Waals surface area (Å²) in [5.74, 6) is 1.98. The minimum Gasteiger partial charge on any atom is -0.367 e. The van der Waals surface area contributed by atoms with Gasteiger partial charge in [0.05, 0.1) is 0 Å². The topological polar surface area (TPSA) is 74.2 Å². The zero-order valence-corrected chi connectivity index (χ0v) is 13.8. The summed E-state index contributed by atoms with van der Waals surface area (Å²) in [4.78, 5) is 4.54. The van der Waals surface area contributed by atoms with Crippen LogP contribution in [-0.2, 0) is 16.8 Å². The monoisotopic (exact) mass is 295 g/mol. The van der Waals surface area contributed by atoms with Gasteiger partial charge >= 0.3 is 0 Å². The van der Waals surface area contributed by atoms with Gasteiger partial charge in [-0.25, -0.2) is 0 Å². The number of hydrogen-bond donors (Lipinski definition) is 1. The van der Waals surface area contributed by atoms with Crippen LogP contribution in [0.25, 0.3) is 0 Å². The van der Waals surface area contributed by atoms with Crippen LogP contribution < -0.4 is 5.73 Å². The predicted molar refractivity (Wildman–Crippen MR) is 81.8 cm³/mol. The van der Waals surface area contributed by atoms with E-state index in [9.17, 15) is 0 Å². The van der Waals surface area contributed by atoms with E-state index < -0.39 is 0 Å². The Bertz CT molecular complexity index is 445. The van der Waals surface area contributed by atoms with Crippen LogP contribution in [0.2, 0.25) is 0 Å². The lowest BCUT2D eigenvalue weighted by molar-refractivity contribution is 0.00768. The van der Waals surface area contributed by atoms with Gasteiger partial charge in [0.25, 0.3) is 0 Å². The molecule has 2 heterocycles. The van der Waals surface area contributed by atoms with Crippen molar-refractivity contribution in [3.8, 4) is 0 Å². The highest BCUT2D eigenvalue weighted by Gasteiger charge is 2.36. The summed E-state index contributed by atoms with van der Waals surface area (Å²) in [6, 6.07) is 0. The molecule has 0 aliphatic carbocycles. The Kier molecular flexibility index (Phi) is 5.04. The molecule has 0 amide bonds. The Morgan fingerprint density at radius 3 is 2.67 bits per heavy atom. The maximum Gasteiger partial charge on any atom is 0.226 e. The number of ether oxygens (including phenoxy) is 1. The van der Waals surface area contributed by atoms with Gasteiger partial charge in [0.2, 0.25) is 11.7 Å². The van der Waals surface area contributed by atoms with E-state index in [1.807, 2.05) is 6.92 Å². The van der Waals surface area contributed by atoms with E-state index in [1.54, 1.807) is 0 Å². The predicted octanol–water partition coefficient (Wildman–Crippen LogP) is 3.04. The van der Waals surface area contributed by atoms with Gasteiger partial charge in [-0.05, 0) is 50.5 Å². The first-order valence-electron chi connectivity index (χ1n) is 8.02. The van der Waals surface area contributed by atoms with Crippen molar-refractivity contribution in [2.45, 2.75) is 65.4 Å². The second kappa shape index (κ2) is 6.44. The summed E-state index contributed by atoms with van der Waals surface area (Å²) in [6.45, 7) is 10.3. The van der Waals surface area contributed by atoms with Crippen LogP contribution in [0.4, 0.5) is 0 Å². The fourth-order valence-electron chi connectivity index (χ4n) is 3.04. The van der Waals surface area contributed by atoms with E-state index in [0.29, 0.717) is 17.6 Å². The Morgan fingerprint density at radius 1 is 1.33 bits per heavy atom. The van der Waals surface area contributed by atoms with Crippen LogP contribution in [0.3, 0.4) is 0 Å². The largest absolute Gasteiger partial charge is 0.367 e. The highest BCUT2D eigenvalue weighted by atomic mass is 16.5. The SMILES string of the molecule is CC1(c2noc(CCC(CCN)C(C)(C)C)n2)CCCO1. The minimum absolute atomic E-state index is 0.253. The average molecular weight is 295 g/mol. The van der Waals surface area contributed by atoms with E-state index in [0.717, 1.165) is 45.3 Å². The number of hydrogen-bond acceptors (Lipinski definition) is 5. The second-order valence-electron chi connectivity index (χ2n) is 7.37. The molecule has 0 bridgehead atoms. The average Bonchev–Trinajstić information content (AvgIpc) is 3.03. The molecule has 1 saturated heterocycles. The quantitative estimate of drug-likeness (QED) is 0.873. The molecule has 2 rings (SSSR count). The maximum atomic E-state index is 5.76. The first-order valence-corrected chi connectivity index (χ1v) is 8.02. The van der Waals surface area contributed by atoms with Gasteiger partial charge in [-0.3, -0.25) is 0 Å². The van der Waals surface area contributed by atoms with E-state index in [-0.39, 0.29) is 11.0 Å². The standard InChI is InChI=1S/C16H29N3O2/c1-15(2,3)12(8-10-17)6-7-13-18-14(19-21-13)16(4)9-5-11-20-16/h12H,5-11,17H2,1-4H3. The van der Waals surface area contributed by atoms with Gasteiger partial charge in [-0.1, -0.05) is 25.9 Å². The summed E-state index contributed by atoms with van der Waals surface area (Å²) in [5, 5.41) is 4.12. The number of rotatable bonds is 6. The van der Waals surface area contributed by atoms with Gasteiger partial charge < -0.3 is 15.0 Å². The summed E-state index contributed by atoms with van der Waals surface area (Å²) in [7, 11) is 0. The molecule has 5 heteroatoms. The van der Waals surface area contributed by atoms with Crippen molar-refractivity contribution < 1.29 is 9.26 Å². The molecule has 1 aromatic heterocycles. The van der Waals surface area contributed by atoms with Crippen molar-refractivity contribution in [1.29, 1.82) is 0 Å². The van der Waals surface area contributed by atoms with Crippen LogP contribution in [0.5, 0.6) is 0 Å². The summed E-state index contributed by atoms with van der Waals surface area (Å²) < 4.78 is 11.2. The molecule has 2 N–H and O–H groups in total. The van der Waals surface area contributed by atoms with Crippen molar-refractivity contribution in [3.63, 3.8) is 0 Å². The van der Waals surface area contributed by atoms with Crippen LogP contribution in [0.1, 0.15) is 65.1 Å². The zero-order chi connectivity index (χ0) is 15.5. The third-order valence-corrected chi connectivity index (χ3v) is 4.61. The first kappa shape index (κ1) is 16.4. The summed E-state index contributed by atoms with van der Waals surface area (Å²) >= 11 is 0. The maximum absolute atomic E-state index is 5.76. The number of nitrogens with zero attached hydrogens (tertiary/aromatic N) is 2. The molecule has 2 atom stereocenters. The fraction of sp³-hybridized carbons (Fsp3) is 0.875. The molecule has 1 aliphatic heterocycles. The van der Waals surface area contributed by atoms with Gasteiger partial charge in [0.15, 0.2) is 0 Å². The Labute approximate surface area is 127 Å². The van der Waals surface area contributed by atoms with Crippen molar-refractivity contribution in [1.82, 2.24) is 10.1 Å². The van der Waals surface area contributed by atoms with E-state index in [4.69, 9.17) is 15.0 Å². The van der Waals surface area contributed by atoms with Crippen molar-refractivity contribution >= 4 is 0 Å². The molecule has 21 heavy (non-hydrogen) atoms. The number of nitrogens with two attached hydrogens (primary N) is 1. The lowest BCUT2D eigenvalue weighted by atomic mass is 9.76. The lowest BCUT2D eigenvalue weighted by Gasteiger charge is -2.30. The fourth-order valence-corrected chi connectivity index (χ4v) is 3.04. The number of aryl methyl sites for hydroxylation is 1. The zero-order valence-electron chi connectivity index (χ0n) is 13.8. The van der Waals surface area contributed by atoms with Crippen LogP contribution in [0, 0.1) is 11.3 Å². The van der Waals surface area contributed by atoms with Crippen molar-refractivity contribution in [3.05, 3.63) is 11.7 Å². The highest BCUT2D eigenvalue weighted by molar-refractivity contribution is 5.01. The van der Waals surface area contributed by atoms with Gasteiger partial charge in [0.1, 0.15) is 5.60 Å². The molecule has 0 radical (unpaired) electrons. The molecule has 2 unspecified atom stereocenters. The molecule has 0 aromatic carbocycles. The lowest BCUT2D eigenvalue weighted by Crippen LogP contribution is -2.24. The molecule has 5 nitrogen and oxygen atoms in total. The molecular weight excluding hydrogens is 266 g/mol. The molecule has 1 aromatic rings. The molecule has 0 spiro atoms. The number of aromatic nitrogens is 2. The van der Waals surface area contributed by atoms with E-state index in [1.165, 1.54) is 0 Å². The van der Waals surface area contributed by atoms with Gasteiger partial charge in [-0.2, -0.15) is 4.98 Å². The Hall–Kier alpha value is -0.940. The van der Waals surface area contributed by atoms with Crippen LogP contribution in [0.15, 0.2) is 4.52 Å². The van der Waals surface area contributed by atoms with Crippen LogP contribution >= 0.6 is 0 Å². The third kappa shape index (κ3) is 4.04. The molecule has 1 aliphatic rings. The Morgan fingerprint density at radius 2 is 2.10 bits per heavy atom. The van der Waals surface area contributed by atoms with E-state index >= 15 is 0 Å². The van der Waals surface area contributed by atoms with Crippen molar-refractivity contribution in [2.75, 3.05) is 13.2 Å². The summed E-state index contributed by atoms with van der Waals surface area (Å²) in [5.41, 5.74) is 5.63. The normalized spacial score (nSPS) is 24.4. The molecule has 0 saturated carbocycles. The Balaban J connectivity index is 1.96. The van der Waals surface area contributed by atoms with Gasteiger partial charge in [0, 0.05) is 13.0 Å². The molecule has 120 valence electrons. The minimum atomic E-state index is -0.359. The second-order valence-corrected chi connectivity index (χ2v) is 7.37. The van der Waals surface area contributed by atoms with E-state index in [2.05, 4.69) is 30.9 Å². The molecule has 1 fully saturated rings. The first-order chi connectivity index (χ1) is 9.85. The smallest absolute Gasteiger partial charge is 0.226 e. The van der Waals surface area contributed by atoms with Crippen molar-refractivity contribution in [2.24, 2.45) is 17.1 Å².